The topological polar surface area (TPSA) is 67.2 Å². The molecule has 1 N–H and O–H groups in total. The Morgan fingerprint density at radius 1 is 1.09 bits per heavy atom. The molecule has 4 rings (SSSR count). The lowest BCUT2D eigenvalue weighted by atomic mass is 9.95. The SMILES string of the molecule is CCN(CC(=O)NCc1ccc(Cl)cc1)C(=O)c1nn(-c2ccc(F)cc2)c2c1CCCC2. The Labute approximate surface area is 197 Å². The van der Waals surface area contributed by atoms with Crippen LogP contribution in [0.3, 0.4) is 0 Å². The summed E-state index contributed by atoms with van der Waals surface area (Å²) in [6.45, 7) is 2.52. The molecule has 172 valence electrons. The molecule has 0 atom stereocenters. The first kappa shape index (κ1) is 23.0. The molecule has 1 aliphatic rings. The highest BCUT2D eigenvalue weighted by Crippen LogP contribution is 2.28. The Bertz CT molecular complexity index is 1140. The summed E-state index contributed by atoms with van der Waals surface area (Å²) >= 11 is 5.90. The molecular weight excluding hydrogens is 443 g/mol. The van der Waals surface area contributed by atoms with E-state index in [-0.39, 0.29) is 24.2 Å². The van der Waals surface area contributed by atoms with E-state index < -0.39 is 0 Å². The highest BCUT2D eigenvalue weighted by molar-refractivity contribution is 6.30. The van der Waals surface area contributed by atoms with Crippen LogP contribution in [-0.2, 0) is 24.2 Å². The first-order chi connectivity index (χ1) is 16.0. The Balaban J connectivity index is 1.51. The fourth-order valence-corrected chi connectivity index (χ4v) is 4.20. The number of aromatic nitrogens is 2. The van der Waals surface area contributed by atoms with E-state index in [4.69, 9.17) is 11.6 Å². The Morgan fingerprint density at radius 2 is 1.79 bits per heavy atom. The third kappa shape index (κ3) is 5.25. The summed E-state index contributed by atoms with van der Waals surface area (Å²) in [5.74, 6) is -0.831. The lowest BCUT2D eigenvalue weighted by Crippen LogP contribution is -2.41. The summed E-state index contributed by atoms with van der Waals surface area (Å²) in [5, 5.41) is 8.11. The zero-order valence-corrected chi connectivity index (χ0v) is 19.2. The average molecular weight is 469 g/mol. The largest absolute Gasteiger partial charge is 0.350 e. The van der Waals surface area contributed by atoms with Crippen molar-refractivity contribution in [1.29, 1.82) is 0 Å². The number of carbonyl (C=O) groups excluding carboxylic acids is 2. The molecular formula is C25H26ClFN4O2. The van der Waals surface area contributed by atoms with Gasteiger partial charge in [-0.2, -0.15) is 5.10 Å². The standard InChI is InChI=1S/C25H26ClFN4O2/c1-2-30(16-23(32)28-15-17-7-9-18(26)10-8-17)25(33)24-21-5-3-4-6-22(21)31(29-24)20-13-11-19(27)12-14-20/h7-14H,2-6,15-16H2,1H3,(H,28,32). The fraction of sp³-hybridized carbons (Fsp3) is 0.320. The molecule has 33 heavy (non-hydrogen) atoms. The minimum absolute atomic E-state index is 0.0545. The number of rotatable bonds is 7. The molecule has 0 bridgehead atoms. The minimum atomic E-state index is -0.321. The molecule has 0 aliphatic heterocycles. The summed E-state index contributed by atoms with van der Waals surface area (Å²) in [4.78, 5) is 27.4. The number of halogens is 2. The van der Waals surface area contributed by atoms with Crippen molar-refractivity contribution in [3.8, 4) is 5.69 Å². The van der Waals surface area contributed by atoms with Gasteiger partial charge in [-0.15, -0.1) is 0 Å². The second-order valence-electron chi connectivity index (χ2n) is 8.09. The van der Waals surface area contributed by atoms with Gasteiger partial charge in [0, 0.05) is 29.4 Å². The predicted molar refractivity (Wildman–Crippen MR) is 125 cm³/mol. The Morgan fingerprint density at radius 3 is 2.48 bits per heavy atom. The van der Waals surface area contributed by atoms with Crippen LogP contribution in [0, 0.1) is 5.82 Å². The quantitative estimate of drug-likeness (QED) is 0.561. The van der Waals surface area contributed by atoms with Crippen LogP contribution in [0.2, 0.25) is 5.02 Å². The number of nitrogens with zero attached hydrogens (tertiary/aromatic N) is 3. The highest BCUT2D eigenvalue weighted by atomic mass is 35.5. The van der Waals surface area contributed by atoms with E-state index in [9.17, 15) is 14.0 Å². The highest BCUT2D eigenvalue weighted by Gasteiger charge is 2.28. The lowest BCUT2D eigenvalue weighted by Gasteiger charge is -2.20. The van der Waals surface area contributed by atoms with Crippen LogP contribution in [0.1, 0.15) is 47.1 Å². The molecule has 0 radical (unpaired) electrons. The third-order valence-corrected chi connectivity index (χ3v) is 6.11. The van der Waals surface area contributed by atoms with Crippen molar-refractivity contribution >= 4 is 23.4 Å². The lowest BCUT2D eigenvalue weighted by molar-refractivity contribution is -0.121. The van der Waals surface area contributed by atoms with E-state index in [0.717, 1.165) is 48.2 Å². The molecule has 0 saturated carbocycles. The van der Waals surface area contributed by atoms with Gasteiger partial charge in [-0.1, -0.05) is 23.7 Å². The number of likely N-dealkylation sites (N-methyl/N-ethyl adjacent to an activating group) is 1. The molecule has 0 fully saturated rings. The fourth-order valence-electron chi connectivity index (χ4n) is 4.08. The number of fused-ring (bicyclic) bond motifs is 1. The zero-order chi connectivity index (χ0) is 23.4. The molecule has 1 heterocycles. The molecule has 2 amide bonds. The Kier molecular flexibility index (Phi) is 7.08. The summed E-state index contributed by atoms with van der Waals surface area (Å²) in [6.07, 6.45) is 3.56. The monoisotopic (exact) mass is 468 g/mol. The third-order valence-electron chi connectivity index (χ3n) is 5.86. The van der Waals surface area contributed by atoms with Gasteiger partial charge in [0.1, 0.15) is 5.82 Å². The molecule has 2 aromatic carbocycles. The number of amides is 2. The molecule has 3 aromatic rings. The minimum Gasteiger partial charge on any atom is -0.350 e. The van der Waals surface area contributed by atoms with Gasteiger partial charge in [-0.25, -0.2) is 9.07 Å². The van der Waals surface area contributed by atoms with E-state index in [2.05, 4.69) is 10.4 Å². The predicted octanol–water partition coefficient (Wildman–Crippen LogP) is 4.32. The molecule has 1 aliphatic carbocycles. The normalized spacial score (nSPS) is 12.8. The number of hydrogen-bond acceptors (Lipinski definition) is 3. The van der Waals surface area contributed by atoms with Gasteiger partial charge in [0.25, 0.3) is 5.91 Å². The van der Waals surface area contributed by atoms with Crippen LogP contribution < -0.4 is 5.32 Å². The van der Waals surface area contributed by atoms with Crippen molar-refractivity contribution in [3.63, 3.8) is 0 Å². The van der Waals surface area contributed by atoms with Crippen molar-refractivity contribution in [2.24, 2.45) is 0 Å². The van der Waals surface area contributed by atoms with Crippen LogP contribution in [0.5, 0.6) is 0 Å². The van der Waals surface area contributed by atoms with E-state index >= 15 is 0 Å². The maximum Gasteiger partial charge on any atom is 0.275 e. The van der Waals surface area contributed by atoms with Gasteiger partial charge < -0.3 is 10.2 Å². The van der Waals surface area contributed by atoms with Crippen LogP contribution in [0.4, 0.5) is 4.39 Å². The zero-order valence-electron chi connectivity index (χ0n) is 18.5. The van der Waals surface area contributed by atoms with E-state index in [0.29, 0.717) is 23.8 Å². The van der Waals surface area contributed by atoms with Crippen molar-refractivity contribution < 1.29 is 14.0 Å². The number of carbonyl (C=O) groups is 2. The molecule has 1 aromatic heterocycles. The number of hydrogen-bond donors (Lipinski definition) is 1. The summed E-state index contributed by atoms with van der Waals surface area (Å²) in [7, 11) is 0. The summed E-state index contributed by atoms with van der Waals surface area (Å²) in [5.41, 5.74) is 3.93. The second kappa shape index (κ2) is 10.2. The first-order valence-electron chi connectivity index (χ1n) is 11.1. The van der Waals surface area contributed by atoms with Crippen LogP contribution in [-0.4, -0.2) is 39.6 Å². The molecule has 8 heteroatoms. The van der Waals surface area contributed by atoms with Gasteiger partial charge in [0.2, 0.25) is 5.91 Å². The van der Waals surface area contributed by atoms with Crippen molar-refractivity contribution in [2.45, 2.75) is 39.2 Å². The smallest absolute Gasteiger partial charge is 0.275 e. The van der Waals surface area contributed by atoms with Gasteiger partial charge in [0.15, 0.2) is 5.69 Å². The van der Waals surface area contributed by atoms with E-state index in [1.54, 1.807) is 28.9 Å². The molecule has 6 nitrogen and oxygen atoms in total. The van der Waals surface area contributed by atoms with Gasteiger partial charge in [0.05, 0.1) is 12.2 Å². The maximum absolute atomic E-state index is 13.4. The van der Waals surface area contributed by atoms with Crippen LogP contribution in [0.15, 0.2) is 48.5 Å². The van der Waals surface area contributed by atoms with E-state index in [1.165, 1.54) is 17.0 Å². The van der Waals surface area contributed by atoms with Gasteiger partial charge in [-0.05, 0) is 74.6 Å². The first-order valence-corrected chi connectivity index (χ1v) is 11.5. The molecule has 0 spiro atoms. The van der Waals surface area contributed by atoms with Crippen molar-refractivity contribution in [1.82, 2.24) is 20.0 Å². The van der Waals surface area contributed by atoms with E-state index in [1.807, 2.05) is 19.1 Å². The second-order valence-corrected chi connectivity index (χ2v) is 8.53. The molecule has 0 saturated heterocycles. The number of nitrogens with one attached hydrogen (secondary N) is 1. The number of benzene rings is 2. The average Bonchev–Trinajstić information content (AvgIpc) is 3.22. The van der Waals surface area contributed by atoms with Gasteiger partial charge >= 0.3 is 0 Å². The van der Waals surface area contributed by atoms with Gasteiger partial charge in [-0.3, -0.25) is 9.59 Å². The maximum atomic E-state index is 13.4. The summed E-state index contributed by atoms with van der Waals surface area (Å²) in [6, 6.07) is 13.3. The van der Waals surface area contributed by atoms with Crippen molar-refractivity contribution in [2.75, 3.05) is 13.1 Å². The Hall–Kier alpha value is -3.19. The van der Waals surface area contributed by atoms with Crippen LogP contribution in [0.25, 0.3) is 5.69 Å². The van der Waals surface area contributed by atoms with Crippen molar-refractivity contribution in [3.05, 3.63) is 81.9 Å². The summed E-state index contributed by atoms with van der Waals surface area (Å²) < 4.78 is 15.1. The molecule has 0 unspecified atom stereocenters. The van der Waals surface area contributed by atoms with Crippen LogP contribution >= 0.6 is 11.6 Å².